The molecule has 3 heteroatoms. The first kappa shape index (κ1) is 14.8. The van der Waals surface area contributed by atoms with Gasteiger partial charge in [0, 0.05) is 6.04 Å². The zero-order chi connectivity index (χ0) is 14.5. The fourth-order valence-corrected chi connectivity index (χ4v) is 2.15. The van der Waals surface area contributed by atoms with E-state index in [2.05, 4.69) is 31.3 Å². The lowest BCUT2D eigenvalue weighted by Crippen LogP contribution is -2.31. The molecule has 0 aliphatic carbocycles. The summed E-state index contributed by atoms with van der Waals surface area (Å²) in [5.41, 5.74) is 2.23. The summed E-state index contributed by atoms with van der Waals surface area (Å²) in [7, 11) is 0. The quantitative estimate of drug-likeness (QED) is 0.845. The summed E-state index contributed by atoms with van der Waals surface area (Å²) in [6.07, 6.45) is 1.13. The average molecular weight is 273 g/mol. The minimum Gasteiger partial charge on any atom is -0.468 e. The zero-order valence-electron chi connectivity index (χ0n) is 12.3. The minimum atomic E-state index is -0.522. The lowest BCUT2D eigenvalue weighted by atomic mass is 9.98. The van der Waals surface area contributed by atoms with Crippen LogP contribution in [0.2, 0.25) is 0 Å². The van der Waals surface area contributed by atoms with Gasteiger partial charge in [-0.3, -0.25) is 0 Å². The van der Waals surface area contributed by atoms with E-state index in [1.807, 2.05) is 31.2 Å². The molecule has 0 fully saturated rings. The summed E-state index contributed by atoms with van der Waals surface area (Å²) in [5, 5.41) is 13.6. The Bertz CT molecular complexity index is 502. The number of hydrogen-bond acceptors (Lipinski definition) is 3. The molecule has 0 bridgehead atoms. The molecule has 1 aromatic heterocycles. The van der Waals surface area contributed by atoms with Crippen LogP contribution in [0.5, 0.6) is 0 Å². The fraction of sp³-hybridized carbons (Fsp3) is 0.412. The second-order valence-electron chi connectivity index (χ2n) is 5.52. The van der Waals surface area contributed by atoms with Crippen molar-refractivity contribution in [2.45, 2.75) is 45.4 Å². The van der Waals surface area contributed by atoms with Gasteiger partial charge in [0.25, 0.3) is 0 Å². The molecule has 108 valence electrons. The Morgan fingerprint density at radius 3 is 2.25 bits per heavy atom. The van der Waals surface area contributed by atoms with Crippen molar-refractivity contribution in [1.29, 1.82) is 0 Å². The van der Waals surface area contributed by atoms with Gasteiger partial charge < -0.3 is 14.8 Å². The minimum absolute atomic E-state index is 0.0370. The summed E-state index contributed by atoms with van der Waals surface area (Å²) in [5.74, 6) is 1.38. The van der Waals surface area contributed by atoms with Crippen LogP contribution in [0, 0.1) is 0 Å². The molecule has 2 rings (SSSR count). The Labute approximate surface area is 120 Å². The predicted molar refractivity (Wildman–Crippen MR) is 80.5 cm³/mol. The van der Waals surface area contributed by atoms with Crippen LogP contribution in [0.1, 0.15) is 49.7 Å². The summed E-state index contributed by atoms with van der Waals surface area (Å²) in [4.78, 5) is 0. The van der Waals surface area contributed by atoms with Gasteiger partial charge in [-0.05, 0) is 36.1 Å². The lowest BCUT2D eigenvalue weighted by molar-refractivity contribution is 0.134. The van der Waals surface area contributed by atoms with E-state index in [1.54, 1.807) is 6.26 Å². The molecule has 0 spiro atoms. The van der Waals surface area contributed by atoms with Gasteiger partial charge in [0.2, 0.25) is 0 Å². The Morgan fingerprint density at radius 1 is 1.05 bits per heavy atom. The van der Waals surface area contributed by atoms with E-state index >= 15 is 0 Å². The van der Waals surface area contributed by atoms with Crippen LogP contribution in [-0.2, 0) is 6.54 Å². The molecule has 2 aromatic rings. The summed E-state index contributed by atoms with van der Waals surface area (Å²) >= 11 is 0. The molecule has 2 unspecified atom stereocenters. The Kier molecular flexibility index (Phi) is 4.99. The molecule has 2 N–H and O–H groups in total. The number of rotatable bonds is 6. The second-order valence-corrected chi connectivity index (χ2v) is 5.52. The zero-order valence-corrected chi connectivity index (χ0v) is 12.3. The van der Waals surface area contributed by atoms with Crippen LogP contribution in [0.15, 0.2) is 47.1 Å². The van der Waals surface area contributed by atoms with Gasteiger partial charge in [0.15, 0.2) is 0 Å². The number of nitrogens with one attached hydrogen (secondary N) is 1. The Balaban J connectivity index is 1.93. The smallest absolute Gasteiger partial charge is 0.117 e. The van der Waals surface area contributed by atoms with E-state index in [1.165, 1.54) is 5.56 Å². The highest BCUT2D eigenvalue weighted by atomic mass is 16.3. The van der Waals surface area contributed by atoms with E-state index in [4.69, 9.17) is 4.42 Å². The van der Waals surface area contributed by atoms with Crippen LogP contribution < -0.4 is 5.32 Å². The number of benzene rings is 1. The van der Waals surface area contributed by atoms with Crippen LogP contribution in [0.25, 0.3) is 0 Å². The first-order valence-electron chi connectivity index (χ1n) is 7.11. The van der Waals surface area contributed by atoms with E-state index in [-0.39, 0.29) is 6.04 Å². The third-order valence-corrected chi connectivity index (χ3v) is 3.60. The summed E-state index contributed by atoms with van der Waals surface area (Å²) in [6, 6.07) is 11.9. The Morgan fingerprint density at radius 2 is 1.70 bits per heavy atom. The maximum atomic E-state index is 10.4. The van der Waals surface area contributed by atoms with Crippen LogP contribution in [0.4, 0.5) is 0 Å². The molecular formula is C17H23NO2. The topological polar surface area (TPSA) is 45.4 Å². The van der Waals surface area contributed by atoms with Crippen LogP contribution >= 0.6 is 0 Å². The van der Waals surface area contributed by atoms with Crippen LogP contribution in [-0.4, -0.2) is 11.1 Å². The molecule has 2 atom stereocenters. The molecule has 0 aliphatic rings. The number of aliphatic hydroxyl groups is 1. The Hall–Kier alpha value is -1.58. The second kappa shape index (κ2) is 6.73. The number of furan rings is 1. The standard InChI is InChI=1S/C17H23NO2/c1-12(2)14-6-8-15(9-7-14)17(19)13(3)18-11-16-5-4-10-20-16/h4-10,12-13,17-19H,11H2,1-3H3. The largest absolute Gasteiger partial charge is 0.468 e. The van der Waals surface area contributed by atoms with Crippen molar-refractivity contribution in [1.82, 2.24) is 5.32 Å². The highest BCUT2D eigenvalue weighted by molar-refractivity contribution is 5.26. The molecule has 3 nitrogen and oxygen atoms in total. The van der Waals surface area contributed by atoms with Crippen molar-refractivity contribution in [3.63, 3.8) is 0 Å². The van der Waals surface area contributed by atoms with Gasteiger partial charge in [-0.1, -0.05) is 38.1 Å². The molecule has 20 heavy (non-hydrogen) atoms. The van der Waals surface area contributed by atoms with E-state index in [0.717, 1.165) is 11.3 Å². The normalized spacial score (nSPS) is 14.4. The van der Waals surface area contributed by atoms with Gasteiger partial charge in [-0.25, -0.2) is 0 Å². The first-order valence-corrected chi connectivity index (χ1v) is 7.11. The van der Waals surface area contributed by atoms with Crippen molar-refractivity contribution < 1.29 is 9.52 Å². The first-order chi connectivity index (χ1) is 9.58. The SMILES string of the molecule is CC(C)c1ccc(C(O)C(C)NCc2ccco2)cc1. The van der Waals surface area contributed by atoms with E-state index < -0.39 is 6.10 Å². The summed E-state index contributed by atoms with van der Waals surface area (Å²) < 4.78 is 5.27. The maximum absolute atomic E-state index is 10.4. The number of hydrogen-bond donors (Lipinski definition) is 2. The third-order valence-electron chi connectivity index (χ3n) is 3.60. The van der Waals surface area contributed by atoms with Gasteiger partial charge >= 0.3 is 0 Å². The van der Waals surface area contributed by atoms with Gasteiger partial charge in [0.1, 0.15) is 5.76 Å². The van der Waals surface area contributed by atoms with E-state index in [0.29, 0.717) is 12.5 Å². The van der Waals surface area contributed by atoms with Crippen molar-refractivity contribution in [2.75, 3.05) is 0 Å². The molecule has 0 saturated carbocycles. The van der Waals surface area contributed by atoms with Gasteiger partial charge in [-0.2, -0.15) is 0 Å². The molecule has 0 amide bonds. The van der Waals surface area contributed by atoms with Crippen LogP contribution in [0.3, 0.4) is 0 Å². The third kappa shape index (κ3) is 3.71. The monoisotopic (exact) mass is 273 g/mol. The maximum Gasteiger partial charge on any atom is 0.117 e. The molecular weight excluding hydrogens is 250 g/mol. The predicted octanol–water partition coefficient (Wildman–Crippen LogP) is 3.61. The van der Waals surface area contributed by atoms with Gasteiger partial charge in [-0.15, -0.1) is 0 Å². The molecule has 0 saturated heterocycles. The molecule has 0 radical (unpaired) electrons. The number of aliphatic hydroxyl groups excluding tert-OH is 1. The molecule has 0 aliphatic heterocycles. The van der Waals surface area contributed by atoms with E-state index in [9.17, 15) is 5.11 Å². The fourth-order valence-electron chi connectivity index (χ4n) is 2.15. The molecule has 1 aromatic carbocycles. The van der Waals surface area contributed by atoms with Crippen molar-refractivity contribution in [3.8, 4) is 0 Å². The van der Waals surface area contributed by atoms with Crippen molar-refractivity contribution in [2.24, 2.45) is 0 Å². The van der Waals surface area contributed by atoms with Gasteiger partial charge in [0.05, 0.1) is 18.9 Å². The highest BCUT2D eigenvalue weighted by Gasteiger charge is 2.16. The molecule has 1 heterocycles. The average Bonchev–Trinajstić information content (AvgIpc) is 2.97. The highest BCUT2D eigenvalue weighted by Crippen LogP contribution is 2.21. The summed E-state index contributed by atoms with van der Waals surface area (Å²) in [6.45, 7) is 6.93. The van der Waals surface area contributed by atoms with Crippen molar-refractivity contribution in [3.05, 3.63) is 59.5 Å². The van der Waals surface area contributed by atoms with Crippen molar-refractivity contribution >= 4 is 0 Å². The lowest BCUT2D eigenvalue weighted by Gasteiger charge is -2.20.